The first-order valence-electron chi connectivity index (χ1n) is 7.39. The van der Waals surface area contributed by atoms with Crippen LogP contribution in [-0.4, -0.2) is 34.0 Å². The Bertz CT molecular complexity index is 329. The van der Waals surface area contributed by atoms with Crippen molar-refractivity contribution in [3.63, 3.8) is 0 Å². The van der Waals surface area contributed by atoms with E-state index in [9.17, 15) is 14.7 Å². The molecule has 1 aliphatic carbocycles. The Morgan fingerprint density at radius 3 is 2.00 bits per heavy atom. The molecule has 0 aromatic rings. The van der Waals surface area contributed by atoms with Gasteiger partial charge in [-0.15, -0.1) is 0 Å². The Morgan fingerprint density at radius 2 is 1.71 bits per heavy atom. The van der Waals surface area contributed by atoms with Crippen molar-refractivity contribution in [2.45, 2.75) is 71.5 Å². The van der Waals surface area contributed by atoms with Gasteiger partial charge in [0.25, 0.3) is 0 Å². The summed E-state index contributed by atoms with van der Waals surface area (Å²) in [6.45, 7) is 7.49. The van der Waals surface area contributed by atoms with Gasteiger partial charge in [-0.3, -0.25) is 4.79 Å². The van der Waals surface area contributed by atoms with Crippen LogP contribution in [-0.2, 0) is 9.53 Å². The number of nitrogens with two attached hydrogens (primary N) is 1. The van der Waals surface area contributed by atoms with Gasteiger partial charge in [-0.25, -0.2) is 4.79 Å². The number of carbonyl (C=O) groups is 2. The summed E-state index contributed by atoms with van der Waals surface area (Å²) in [4.78, 5) is 20.4. The molecule has 0 bridgehead atoms. The van der Waals surface area contributed by atoms with Gasteiger partial charge in [0.1, 0.15) is 5.60 Å². The third kappa shape index (κ3) is 11.1. The van der Waals surface area contributed by atoms with Gasteiger partial charge in [0.15, 0.2) is 0 Å². The molecule has 0 saturated heterocycles. The molecule has 4 N–H and O–H groups in total. The molecule has 0 aliphatic heterocycles. The van der Waals surface area contributed by atoms with Gasteiger partial charge in [-0.05, 0) is 45.4 Å². The molecular weight excluding hydrogens is 274 g/mol. The van der Waals surface area contributed by atoms with Crippen LogP contribution in [0.25, 0.3) is 0 Å². The summed E-state index contributed by atoms with van der Waals surface area (Å²) in [6, 6.07) is 0. The summed E-state index contributed by atoms with van der Waals surface area (Å²) < 4.78 is 4.58. The number of aliphatic carboxylic acids is 1. The van der Waals surface area contributed by atoms with Gasteiger partial charge < -0.3 is 20.7 Å². The van der Waals surface area contributed by atoms with E-state index in [1.54, 1.807) is 20.8 Å². The van der Waals surface area contributed by atoms with Crippen molar-refractivity contribution in [2.24, 2.45) is 17.6 Å². The number of carbonyl (C=O) groups excluding carboxylic acids is 1. The van der Waals surface area contributed by atoms with Crippen molar-refractivity contribution >= 4 is 12.1 Å². The summed E-state index contributed by atoms with van der Waals surface area (Å²) in [5, 5.41) is 18.1. The van der Waals surface area contributed by atoms with Gasteiger partial charge in [0, 0.05) is 0 Å². The van der Waals surface area contributed by atoms with Crippen LogP contribution in [0.4, 0.5) is 4.79 Å². The summed E-state index contributed by atoms with van der Waals surface area (Å²) in [6.07, 6.45) is 2.76. The second-order valence-corrected chi connectivity index (χ2v) is 6.72. The Hall–Kier alpha value is -1.30. The minimum atomic E-state index is -0.897. The van der Waals surface area contributed by atoms with E-state index in [4.69, 9.17) is 10.8 Å². The van der Waals surface area contributed by atoms with Crippen molar-refractivity contribution in [1.29, 1.82) is 0 Å². The summed E-state index contributed by atoms with van der Waals surface area (Å²) in [7, 11) is 0. The minimum absolute atomic E-state index is 0.0982. The third-order valence-electron chi connectivity index (χ3n) is 3.40. The maximum absolute atomic E-state index is 10.4. The second kappa shape index (κ2) is 8.87. The van der Waals surface area contributed by atoms with Gasteiger partial charge in [0.2, 0.25) is 0 Å². The van der Waals surface area contributed by atoms with Crippen LogP contribution in [0.2, 0.25) is 0 Å². The number of carboxylic acids is 1. The van der Waals surface area contributed by atoms with Crippen LogP contribution >= 0.6 is 0 Å². The molecule has 0 aromatic heterocycles. The van der Waals surface area contributed by atoms with Crippen LogP contribution in [0.5, 0.6) is 0 Å². The first-order chi connectivity index (χ1) is 9.51. The van der Waals surface area contributed by atoms with Crippen molar-refractivity contribution in [3.8, 4) is 0 Å². The maximum atomic E-state index is 10.4. The lowest BCUT2D eigenvalue weighted by atomic mass is 9.79. The Kier molecular flexibility index (Phi) is 8.32. The number of hydrogen-bond donors (Lipinski definition) is 3. The predicted molar refractivity (Wildman–Crippen MR) is 79.8 cm³/mol. The average molecular weight is 303 g/mol. The van der Waals surface area contributed by atoms with Gasteiger partial charge >= 0.3 is 12.1 Å². The number of aliphatic hydroxyl groups is 1. The van der Waals surface area contributed by atoms with E-state index in [-0.39, 0.29) is 12.3 Å². The molecule has 6 heteroatoms. The fourth-order valence-corrected chi connectivity index (χ4v) is 2.32. The number of hydrogen-bond acceptors (Lipinski definition) is 4. The number of ether oxygens (including phenoxy) is 1. The first kappa shape index (κ1) is 19.7. The Labute approximate surface area is 126 Å². The molecule has 1 rings (SSSR count). The molecule has 6 nitrogen and oxygen atoms in total. The number of carboxylic acid groups (broad SMARTS) is 1. The largest absolute Gasteiger partial charge is 0.481 e. The molecule has 1 saturated carbocycles. The number of aliphatic hydroxyl groups excluding tert-OH is 1. The first-order valence-corrected chi connectivity index (χ1v) is 7.39. The number of rotatable bonds is 3. The number of amides is 1. The van der Waals surface area contributed by atoms with Crippen molar-refractivity contribution in [1.82, 2.24) is 0 Å². The highest BCUT2D eigenvalue weighted by Crippen LogP contribution is 2.31. The molecule has 124 valence electrons. The molecule has 1 fully saturated rings. The lowest BCUT2D eigenvalue weighted by Gasteiger charge is -2.29. The SMILES string of the molecule is CC(C)(C)OC(N)=O.CC1CCC(C(O)CC(=O)O)CC1. The van der Waals surface area contributed by atoms with E-state index in [0.29, 0.717) is 0 Å². The van der Waals surface area contributed by atoms with E-state index < -0.39 is 23.8 Å². The number of primary amides is 1. The van der Waals surface area contributed by atoms with Gasteiger partial charge in [0.05, 0.1) is 12.5 Å². The predicted octanol–water partition coefficient (Wildman–Crippen LogP) is 2.53. The van der Waals surface area contributed by atoms with Gasteiger partial charge in [-0.2, -0.15) is 0 Å². The van der Waals surface area contributed by atoms with Crippen LogP contribution in [0.15, 0.2) is 0 Å². The van der Waals surface area contributed by atoms with Gasteiger partial charge in [-0.1, -0.05) is 19.8 Å². The van der Waals surface area contributed by atoms with Crippen LogP contribution in [0, 0.1) is 11.8 Å². The quantitative estimate of drug-likeness (QED) is 0.742. The highest BCUT2D eigenvalue weighted by atomic mass is 16.6. The monoisotopic (exact) mass is 303 g/mol. The molecular formula is C15H29NO5. The normalized spacial score (nSPS) is 23.5. The maximum Gasteiger partial charge on any atom is 0.405 e. The smallest absolute Gasteiger partial charge is 0.405 e. The molecule has 0 heterocycles. The molecule has 0 spiro atoms. The second-order valence-electron chi connectivity index (χ2n) is 6.72. The van der Waals surface area contributed by atoms with E-state index in [1.807, 2.05) is 0 Å². The minimum Gasteiger partial charge on any atom is -0.481 e. The summed E-state index contributed by atoms with van der Waals surface area (Å²) in [5.74, 6) is 0.0618. The summed E-state index contributed by atoms with van der Waals surface area (Å²) >= 11 is 0. The standard InChI is InChI=1S/C10H18O3.C5H11NO2/c1-7-2-4-8(5-3-7)9(11)6-10(12)13;1-5(2,3)8-4(6)7/h7-9,11H,2-6H2,1H3,(H,12,13);1-3H3,(H2,6,7). The zero-order valence-electron chi connectivity index (χ0n) is 13.5. The van der Waals surface area contributed by atoms with Crippen LogP contribution in [0.3, 0.4) is 0 Å². The Balaban J connectivity index is 0.000000433. The topological polar surface area (TPSA) is 110 Å². The molecule has 1 unspecified atom stereocenters. The van der Waals surface area contributed by atoms with E-state index in [2.05, 4.69) is 11.7 Å². The fraction of sp³-hybridized carbons (Fsp3) is 0.867. The molecule has 0 radical (unpaired) electrons. The van der Waals surface area contributed by atoms with E-state index in [0.717, 1.165) is 31.6 Å². The molecule has 0 aromatic carbocycles. The fourth-order valence-electron chi connectivity index (χ4n) is 2.32. The molecule has 1 amide bonds. The van der Waals surface area contributed by atoms with Crippen molar-refractivity contribution < 1.29 is 24.5 Å². The molecule has 1 aliphatic rings. The van der Waals surface area contributed by atoms with Crippen molar-refractivity contribution in [2.75, 3.05) is 0 Å². The highest BCUT2D eigenvalue weighted by molar-refractivity contribution is 5.67. The zero-order valence-corrected chi connectivity index (χ0v) is 13.5. The van der Waals surface area contributed by atoms with Crippen LogP contribution < -0.4 is 5.73 Å². The summed E-state index contributed by atoms with van der Waals surface area (Å²) in [5.41, 5.74) is 4.26. The lowest BCUT2D eigenvalue weighted by molar-refractivity contribution is -0.140. The highest BCUT2D eigenvalue weighted by Gasteiger charge is 2.25. The lowest BCUT2D eigenvalue weighted by Crippen LogP contribution is -2.27. The average Bonchev–Trinajstić information content (AvgIpc) is 2.26. The molecule has 21 heavy (non-hydrogen) atoms. The van der Waals surface area contributed by atoms with E-state index >= 15 is 0 Å². The molecule has 1 atom stereocenters. The van der Waals surface area contributed by atoms with E-state index in [1.165, 1.54) is 0 Å². The third-order valence-corrected chi connectivity index (χ3v) is 3.40. The van der Waals surface area contributed by atoms with Crippen molar-refractivity contribution in [3.05, 3.63) is 0 Å². The zero-order chi connectivity index (χ0) is 16.6. The van der Waals surface area contributed by atoms with Crippen LogP contribution in [0.1, 0.15) is 59.8 Å². The Morgan fingerprint density at radius 1 is 1.24 bits per heavy atom.